The molecule has 0 fully saturated rings. The highest BCUT2D eigenvalue weighted by molar-refractivity contribution is 7.99. The normalized spacial score (nSPS) is 10.7. The molecule has 1 aromatic heterocycles. The molecule has 0 radical (unpaired) electrons. The van der Waals surface area contributed by atoms with Crippen molar-refractivity contribution in [2.45, 2.75) is 31.4 Å². The number of thioether (sulfide) groups is 1. The Labute approximate surface area is 163 Å². The van der Waals surface area contributed by atoms with Gasteiger partial charge in [0.1, 0.15) is 5.75 Å². The van der Waals surface area contributed by atoms with Gasteiger partial charge in [-0.2, -0.15) is 0 Å². The maximum atomic E-state index is 12.4. The van der Waals surface area contributed by atoms with E-state index >= 15 is 0 Å². The Morgan fingerprint density at radius 2 is 1.81 bits per heavy atom. The van der Waals surface area contributed by atoms with E-state index in [1.807, 2.05) is 48.5 Å². The van der Waals surface area contributed by atoms with Gasteiger partial charge in [0.2, 0.25) is 5.89 Å². The summed E-state index contributed by atoms with van der Waals surface area (Å²) in [5, 5.41) is 8.44. The smallest absolute Gasteiger partial charge is 0.277 e. The van der Waals surface area contributed by atoms with Crippen LogP contribution >= 0.6 is 11.8 Å². The lowest BCUT2D eigenvalue weighted by Crippen LogP contribution is -2.02. The zero-order valence-corrected chi connectivity index (χ0v) is 16.3. The number of benzene rings is 2. The Bertz CT molecular complexity index is 873. The lowest BCUT2D eigenvalue weighted by atomic mass is 10.1. The molecule has 0 aliphatic heterocycles. The van der Waals surface area contributed by atoms with E-state index in [2.05, 4.69) is 17.1 Å². The summed E-state index contributed by atoms with van der Waals surface area (Å²) in [6, 6.07) is 15.2. The number of hydrogen-bond acceptors (Lipinski definition) is 6. The summed E-state index contributed by atoms with van der Waals surface area (Å²) in [4.78, 5) is 12.4. The van der Waals surface area contributed by atoms with Crippen molar-refractivity contribution in [2.75, 3.05) is 12.9 Å². The van der Waals surface area contributed by atoms with Crippen molar-refractivity contribution >= 4 is 17.5 Å². The fraction of sp³-hybridized carbons (Fsp3) is 0.286. The van der Waals surface area contributed by atoms with Crippen LogP contribution in [0.5, 0.6) is 5.75 Å². The molecule has 5 nitrogen and oxygen atoms in total. The van der Waals surface area contributed by atoms with Gasteiger partial charge in [0.05, 0.1) is 12.9 Å². The minimum absolute atomic E-state index is 0.0474. The van der Waals surface area contributed by atoms with E-state index in [9.17, 15) is 4.79 Å². The number of unbranched alkanes of at least 4 members (excludes halogenated alkanes) is 1. The largest absolute Gasteiger partial charge is 0.497 e. The molecule has 3 aromatic rings. The van der Waals surface area contributed by atoms with Gasteiger partial charge >= 0.3 is 0 Å². The second-order valence-corrected chi connectivity index (χ2v) is 7.04. The van der Waals surface area contributed by atoms with Crippen LogP contribution < -0.4 is 4.74 Å². The number of carbonyl (C=O) groups excluding carboxylic acids is 1. The van der Waals surface area contributed by atoms with Crippen LogP contribution in [0.15, 0.2) is 58.2 Å². The molecule has 0 unspecified atom stereocenters. The van der Waals surface area contributed by atoms with Gasteiger partial charge < -0.3 is 9.15 Å². The average Bonchev–Trinajstić information content (AvgIpc) is 3.20. The van der Waals surface area contributed by atoms with E-state index < -0.39 is 0 Å². The number of nitrogens with zero attached hydrogens (tertiary/aromatic N) is 2. The van der Waals surface area contributed by atoms with Crippen molar-refractivity contribution in [3.05, 3.63) is 59.7 Å². The summed E-state index contributed by atoms with van der Waals surface area (Å²) >= 11 is 1.25. The first-order valence-corrected chi connectivity index (χ1v) is 9.91. The van der Waals surface area contributed by atoms with E-state index in [0.29, 0.717) is 16.7 Å². The summed E-state index contributed by atoms with van der Waals surface area (Å²) in [5.74, 6) is 1.50. The molecular formula is C21H22N2O3S. The molecule has 6 heteroatoms. The number of hydrogen-bond donors (Lipinski definition) is 0. The highest BCUT2D eigenvalue weighted by Gasteiger charge is 2.12. The Kier molecular flexibility index (Phi) is 6.65. The molecule has 1 heterocycles. The van der Waals surface area contributed by atoms with Gasteiger partial charge in [0, 0.05) is 11.1 Å². The second-order valence-electron chi connectivity index (χ2n) is 6.11. The third-order valence-corrected chi connectivity index (χ3v) is 4.98. The van der Waals surface area contributed by atoms with Crippen LogP contribution in [0.2, 0.25) is 0 Å². The first-order valence-electron chi connectivity index (χ1n) is 8.92. The number of carbonyl (C=O) groups is 1. The predicted octanol–water partition coefficient (Wildman–Crippen LogP) is 5.06. The van der Waals surface area contributed by atoms with E-state index in [4.69, 9.17) is 9.15 Å². The van der Waals surface area contributed by atoms with Gasteiger partial charge in [-0.3, -0.25) is 4.79 Å². The molecule has 140 valence electrons. The SMILES string of the molecule is CCCCc1ccc(C(=O)CSc2nnc(-c3ccc(OC)cc3)o2)cc1. The third kappa shape index (κ3) is 5.20. The maximum Gasteiger partial charge on any atom is 0.277 e. The van der Waals surface area contributed by atoms with Gasteiger partial charge in [-0.25, -0.2) is 0 Å². The number of aromatic nitrogens is 2. The number of aryl methyl sites for hydroxylation is 1. The Morgan fingerprint density at radius 1 is 1.07 bits per heavy atom. The van der Waals surface area contributed by atoms with Crippen LogP contribution in [0.4, 0.5) is 0 Å². The van der Waals surface area contributed by atoms with Crippen LogP contribution in [0.3, 0.4) is 0 Å². The van der Waals surface area contributed by atoms with Crippen LogP contribution in [0.1, 0.15) is 35.7 Å². The second kappa shape index (κ2) is 9.37. The zero-order valence-electron chi connectivity index (χ0n) is 15.5. The monoisotopic (exact) mass is 382 g/mol. The van der Waals surface area contributed by atoms with Gasteiger partial charge in [0.25, 0.3) is 5.22 Å². The first kappa shape index (κ1) is 19.2. The first-order chi connectivity index (χ1) is 13.2. The molecule has 0 N–H and O–H groups in total. The molecule has 2 aromatic carbocycles. The summed E-state index contributed by atoms with van der Waals surface area (Å²) in [6.45, 7) is 2.17. The lowest BCUT2D eigenvalue weighted by Gasteiger charge is -2.02. The third-order valence-electron chi connectivity index (χ3n) is 4.17. The van der Waals surface area contributed by atoms with E-state index in [1.165, 1.54) is 23.7 Å². The number of rotatable bonds is 9. The molecule has 0 aliphatic carbocycles. The van der Waals surface area contributed by atoms with Crippen LogP contribution in [0, 0.1) is 0 Å². The predicted molar refractivity (Wildman–Crippen MR) is 106 cm³/mol. The highest BCUT2D eigenvalue weighted by atomic mass is 32.2. The number of ketones is 1. The highest BCUT2D eigenvalue weighted by Crippen LogP contribution is 2.25. The van der Waals surface area contributed by atoms with E-state index in [-0.39, 0.29) is 11.5 Å². The van der Waals surface area contributed by atoms with Crippen molar-refractivity contribution in [1.29, 1.82) is 0 Å². The standard InChI is InChI=1S/C21H22N2O3S/c1-3-4-5-15-6-8-16(9-7-15)19(24)14-27-21-23-22-20(26-21)17-10-12-18(25-2)13-11-17/h6-13H,3-5,14H2,1-2H3. The van der Waals surface area contributed by atoms with Crippen molar-refractivity contribution in [2.24, 2.45) is 0 Å². The van der Waals surface area contributed by atoms with Crippen LogP contribution in [0.25, 0.3) is 11.5 Å². The molecule has 0 aliphatic rings. The average molecular weight is 382 g/mol. The molecule has 0 amide bonds. The van der Waals surface area contributed by atoms with Gasteiger partial charge in [0.15, 0.2) is 5.78 Å². The molecular weight excluding hydrogens is 360 g/mol. The number of ether oxygens (including phenoxy) is 1. The molecule has 0 spiro atoms. The van der Waals surface area contributed by atoms with Gasteiger partial charge in [-0.05, 0) is 42.7 Å². The molecule has 27 heavy (non-hydrogen) atoms. The van der Waals surface area contributed by atoms with Crippen molar-refractivity contribution in [3.63, 3.8) is 0 Å². The fourth-order valence-electron chi connectivity index (χ4n) is 2.57. The van der Waals surface area contributed by atoms with Crippen LogP contribution in [-0.2, 0) is 6.42 Å². The minimum Gasteiger partial charge on any atom is -0.497 e. The quantitative estimate of drug-likeness (QED) is 0.380. The Hall–Kier alpha value is -2.60. The Balaban J connectivity index is 1.56. The topological polar surface area (TPSA) is 65.2 Å². The molecule has 0 saturated heterocycles. The van der Waals surface area contributed by atoms with Gasteiger partial charge in [-0.1, -0.05) is 49.4 Å². The summed E-state index contributed by atoms with van der Waals surface area (Å²) in [6.07, 6.45) is 3.38. The lowest BCUT2D eigenvalue weighted by molar-refractivity contribution is 0.102. The molecule has 0 saturated carbocycles. The van der Waals surface area contributed by atoms with Crippen LogP contribution in [-0.4, -0.2) is 28.8 Å². The number of Topliss-reactive ketones (excluding diaryl/α,β-unsaturated/α-hetero) is 1. The molecule has 0 atom stereocenters. The van der Waals surface area contributed by atoms with E-state index in [1.54, 1.807) is 7.11 Å². The van der Waals surface area contributed by atoms with E-state index in [0.717, 1.165) is 24.2 Å². The van der Waals surface area contributed by atoms with Crippen molar-refractivity contribution in [3.8, 4) is 17.2 Å². The Morgan fingerprint density at radius 3 is 2.48 bits per heavy atom. The maximum absolute atomic E-state index is 12.4. The summed E-state index contributed by atoms with van der Waals surface area (Å²) < 4.78 is 10.8. The fourth-order valence-corrected chi connectivity index (χ4v) is 3.22. The minimum atomic E-state index is 0.0474. The molecule has 0 bridgehead atoms. The van der Waals surface area contributed by atoms with Crippen molar-refractivity contribution < 1.29 is 13.9 Å². The summed E-state index contributed by atoms with van der Waals surface area (Å²) in [5.41, 5.74) is 2.78. The van der Waals surface area contributed by atoms with Crippen molar-refractivity contribution in [1.82, 2.24) is 10.2 Å². The zero-order chi connectivity index (χ0) is 19.1. The van der Waals surface area contributed by atoms with Gasteiger partial charge in [-0.15, -0.1) is 10.2 Å². The summed E-state index contributed by atoms with van der Waals surface area (Å²) in [7, 11) is 1.62. The molecule has 3 rings (SSSR count). The number of methoxy groups -OCH3 is 1.